The molecule has 5 heteroatoms. The van der Waals surface area contributed by atoms with Crippen LogP contribution in [-0.4, -0.2) is 20.3 Å². The largest absolute Gasteiger partial charge is 0.305 e. The number of nitrogens with zero attached hydrogens (tertiary/aromatic N) is 3. The van der Waals surface area contributed by atoms with Crippen LogP contribution in [0.15, 0.2) is 30.6 Å². The molecule has 0 spiro atoms. The van der Waals surface area contributed by atoms with Gasteiger partial charge in [0.05, 0.1) is 12.2 Å². The van der Waals surface area contributed by atoms with Gasteiger partial charge >= 0.3 is 0 Å². The number of halogens is 1. The van der Waals surface area contributed by atoms with Gasteiger partial charge in [-0.3, -0.25) is 0 Å². The number of benzene rings is 1. The molecule has 0 aliphatic heterocycles. The van der Waals surface area contributed by atoms with Crippen LogP contribution in [0, 0.1) is 0 Å². The third-order valence-corrected chi connectivity index (χ3v) is 2.68. The van der Waals surface area contributed by atoms with E-state index in [0.717, 1.165) is 11.5 Å². The summed E-state index contributed by atoms with van der Waals surface area (Å²) in [6.07, 6.45) is 1.56. The standard InChI is InChI=1S/C13H17ClN4/c1-13(2,3)16-8-12-15-9-17-18(12)11-6-4-5-10(14)7-11/h4-7,9,16H,8H2,1-3H3. The summed E-state index contributed by atoms with van der Waals surface area (Å²) in [5.74, 6) is 0.868. The predicted octanol–water partition coefficient (Wildman–Crippen LogP) is 2.81. The molecule has 0 saturated carbocycles. The second-order valence-corrected chi connectivity index (χ2v) is 5.61. The Hall–Kier alpha value is -1.39. The first-order valence-corrected chi connectivity index (χ1v) is 6.23. The fourth-order valence-corrected chi connectivity index (χ4v) is 1.74. The zero-order chi connectivity index (χ0) is 13.2. The maximum absolute atomic E-state index is 5.99. The van der Waals surface area contributed by atoms with Crippen LogP contribution in [0.3, 0.4) is 0 Å². The third-order valence-electron chi connectivity index (χ3n) is 2.45. The van der Waals surface area contributed by atoms with Gasteiger partial charge in [-0.15, -0.1) is 0 Å². The molecule has 1 N–H and O–H groups in total. The Morgan fingerprint density at radius 3 is 2.78 bits per heavy atom. The van der Waals surface area contributed by atoms with E-state index in [9.17, 15) is 0 Å². The highest BCUT2D eigenvalue weighted by molar-refractivity contribution is 6.30. The minimum absolute atomic E-state index is 0.0467. The van der Waals surface area contributed by atoms with Crippen LogP contribution in [0.4, 0.5) is 0 Å². The molecule has 0 fully saturated rings. The van der Waals surface area contributed by atoms with Gasteiger partial charge in [-0.25, -0.2) is 9.67 Å². The average Bonchev–Trinajstić information content (AvgIpc) is 2.73. The lowest BCUT2D eigenvalue weighted by Crippen LogP contribution is -2.35. The first kappa shape index (κ1) is 13.1. The van der Waals surface area contributed by atoms with Crippen LogP contribution < -0.4 is 5.32 Å². The molecule has 0 aliphatic carbocycles. The number of nitrogens with one attached hydrogen (secondary N) is 1. The van der Waals surface area contributed by atoms with Crippen LogP contribution in [0.1, 0.15) is 26.6 Å². The Balaban J connectivity index is 2.23. The Labute approximate surface area is 112 Å². The fraction of sp³-hybridized carbons (Fsp3) is 0.385. The van der Waals surface area contributed by atoms with Gasteiger partial charge in [-0.2, -0.15) is 5.10 Å². The molecule has 96 valence electrons. The molecule has 1 aromatic heterocycles. The Morgan fingerprint density at radius 2 is 2.11 bits per heavy atom. The average molecular weight is 265 g/mol. The van der Waals surface area contributed by atoms with Crippen LogP contribution >= 0.6 is 11.6 Å². The van der Waals surface area contributed by atoms with Gasteiger partial charge in [0.15, 0.2) is 0 Å². The zero-order valence-electron chi connectivity index (χ0n) is 10.8. The molecule has 2 rings (SSSR count). The molecule has 4 nitrogen and oxygen atoms in total. The minimum atomic E-state index is 0.0467. The van der Waals surface area contributed by atoms with E-state index in [4.69, 9.17) is 11.6 Å². The lowest BCUT2D eigenvalue weighted by molar-refractivity contribution is 0.415. The SMILES string of the molecule is CC(C)(C)NCc1ncnn1-c1cccc(Cl)c1. The normalized spacial score (nSPS) is 11.8. The summed E-state index contributed by atoms with van der Waals surface area (Å²) in [6, 6.07) is 7.58. The zero-order valence-corrected chi connectivity index (χ0v) is 11.6. The lowest BCUT2D eigenvalue weighted by atomic mass is 10.1. The van der Waals surface area contributed by atoms with Crippen LogP contribution in [-0.2, 0) is 6.54 Å². The summed E-state index contributed by atoms with van der Waals surface area (Å²) in [6.45, 7) is 7.02. The van der Waals surface area contributed by atoms with Gasteiger partial charge in [0.1, 0.15) is 12.2 Å². The van der Waals surface area contributed by atoms with Crippen molar-refractivity contribution in [1.82, 2.24) is 20.1 Å². The van der Waals surface area contributed by atoms with E-state index in [1.807, 2.05) is 24.3 Å². The van der Waals surface area contributed by atoms with Crippen LogP contribution in [0.2, 0.25) is 5.02 Å². The van der Waals surface area contributed by atoms with Gasteiger partial charge in [0.2, 0.25) is 0 Å². The highest BCUT2D eigenvalue weighted by Crippen LogP contribution is 2.15. The van der Waals surface area contributed by atoms with E-state index in [1.54, 1.807) is 11.0 Å². The van der Waals surface area contributed by atoms with Crippen LogP contribution in [0.5, 0.6) is 0 Å². The molecule has 2 aromatic rings. The summed E-state index contributed by atoms with van der Waals surface area (Å²) < 4.78 is 1.80. The molecule has 1 aromatic carbocycles. The molecular formula is C13H17ClN4. The van der Waals surface area contributed by atoms with Crippen molar-refractivity contribution in [3.63, 3.8) is 0 Å². The predicted molar refractivity (Wildman–Crippen MR) is 73.0 cm³/mol. The summed E-state index contributed by atoms with van der Waals surface area (Å²) in [4.78, 5) is 4.27. The third kappa shape index (κ3) is 3.31. The van der Waals surface area contributed by atoms with Gasteiger partial charge in [-0.05, 0) is 39.0 Å². The van der Waals surface area contributed by atoms with Gasteiger partial charge in [-0.1, -0.05) is 17.7 Å². The molecule has 0 atom stereocenters. The van der Waals surface area contributed by atoms with E-state index in [-0.39, 0.29) is 5.54 Å². The Bertz CT molecular complexity index is 528. The summed E-state index contributed by atoms with van der Waals surface area (Å²) in [5, 5.41) is 8.32. The number of hydrogen-bond donors (Lipinski definition) is 1. The second kappa shape index (κ2) is 5.08. The fourth-order valence-electron chi connectivity index (χ4n) is 1.55. The summed E-state index contributed by atoms with van der Waals surface area (Å²) >= 11 is 5.99. The van der Waals surface area contributed by atoms with Crippen molar-refractivity contribution >= 4 is 11.6 Å². The maximum Gasteiger partial charge on any atom is 0.146 e. The molecule has 0 unspecified atom stereocenters. The number of aromatic nitrogens is 3. The molecule has 0 radical (unpaired) electrons. The topological polar surface area (TPSA) is 42.7 Å². The van der Waals surface area contributed by atoms with Crippen molar-refractivity contribution in [3.8, 4) is 5.69 Å². The number of hydrogen-bond acceptors (Lipinski definition) is 3. The lowest BCUT2D eigenvalue weighted by Gasteiger charge is -2.20. The van der Waals surface area contributed by atoms with Gasteiger partial charge in [0.25, 0.3) is 0 Å². The van der Waals surface area contributed by atoms with Crippen molar-refractivity contribution in [2.45, 2.75) is 32.9 Å². The van der Waals surface area contributed by atoms with Gasteiger partial charge in [0, 0.05) is 10.6 Å². The van der Waals surface area contributed by atoms with Gasteiger partial charge < -0.3 is 5.32 Å². The molecular weight excluding hydrogens is 248 g/mol. The molecule has 0 aliphatic rings. The first-order chi connectivity index (χ1) is 8.46. The molecule has 1 heterocycles. The molecule has 0 amide bonds. The van der Waals surface area contributed by atoms with Crippen molar-refractivity contribution in [3.05, 3.63) is 41.4 Å². The minimum Gasteiger partial charge on any atom is -0.305 e. The van der Waals surface area contributed by atoms with E-state index in [2.05, 4.69) is 36.2 Å². The van der Waals surface area contributed by atoms with Crippen molar-refractivity contribution in [2.75, 3.05) is 0 Å². The smallest absolute Gasteiger partial charge is 0.146 e. The van der Waals surface area contributed by atoms with Crippen molar-refractivity contribution in [1.29, 1.82) is 0 Å². The van der Waals surface area contributed by atoms with E-state index >= 15 is 0 Å². The van der Waals surface area contributed by atoms with E-state index < -0.39 is 0 Å². The number of rotatable bonds is 3. The first-order valence-electron chi connectivity index (χ1n) is 5.85. The maximum atomic E-state index is 5.99. The highest BCUT2D eigenvalue weighted by atomic mass is 35.5. The van der Waals surface area contributed by atoms with Crippen molar-refractivity contribution in [2.24, 2.45) is 0 Å². The Morgan fingerprint density at radius 1 is 1.33 bits per heavy atom. The monoisotopic (exact) mass is 264 g/mol. The second-order valence-electron chi connectivity index (χ2n) is 5.17. The highest BCUT2D eigenvalue weighted by Gasteiger charge is 2.12. The summed E-state index contributed by atoms with van der Waals surface area (Å²) in [5.41, 5.74) is 0.969. The quantitative estimate of drug-likeness (QED) is 0.927. The van der Waals surface area contributed by atoms with Crippen LogP contribution in [0.25, 0.3) is 5.69 Å². The molecule has 0 saturated heterocycles. The van der Waals surface area contributed by atoms with Crippen molar-refractivity contribution < 1.29 is 0 Å². The summed E-state index contributed by atoms with van der Waals surface area (Å²) in [7, 11) is 0. The molecule has 0 bridgehead atoms. The Kier molecular flexibility index (Phi) is 3.68. The molecule has 18 heavy (non-hydrogen) atoms. The van der Waals surface area contributed by atoms with E-state index in [1.165, 1.54) is 0 Å². The van der Waals surface area contributed by atoms with E-state index in [0.29, 0.717) is 11.6 Å².